The van der Waals surface area contributed by atoms with Gasteiger partial charge < -0.3 is 9.47 Å². The molecule has 1 amide bonds. The Labute approximate surface area is 206 Å². The number of nitrogens with one attached hydrogen (secondary N) is 1. The molecule has 1 N–H and O–H groups in total. The number of hydrazone groups is 1. The van der Waals surface area contributed by atoms with Crippen molar-refractivity contribution in [2.75, 3.05) is 7.11 Å². The lowest BCUT2D eigenvalue weighted by molar-refractivity contribution is -0.384. The van der Waals surface area contributed by atoms with Crippen LogP contribution in [0.1, 0.15) is 21.5 Å². The normalized spacial score (nSPS) is 10.7. The third-order valence-electron chi connectivity index (χ3n) is 4.28. The van der Waals surface area contributed by atoms with Gasteiger partial charge in [0.2, 0.25) is 0 Å². The molecular formula is C22H17BrIN3O5. The van der Waals surface area contributed by atoms with Gasteiger partial charge in [0.25, 0.3) is 11.6 Å². The van der Waals surface area contributed by atoms with E-state index in [4.69, 9.17) is 9.47 Å². The molecule has 0 fully saturated rings. The molecule has 164 valence electrons. The number of methoxy groups -OCH3 is 1. The number of hydrogen-bond acceptors (Lipinski definition) is 6. The van der Waals surface area contributed by atoms with Crippen LogP contribution in [0, 0.1) is 13.7 Å². The first-order chi connectivity index (χ1) is 15.4. The molecule has 3 rings (SSSR count). The second-order valence-corrected chi connectivity index (χ2v) is 8.44. The zero-order valence-corrected chi connectivity index (χ0v) is 20.5. The van der Waals surface area contributed by atoms with Crippen molar-refractivity contribution in [3.05, 3.63) is 95.5 Å². The summed E-state index contributed by atoms with van der Waals surface area (Å²) in [6.45, 7) is 0.222. The average molecular weight is 610 g/mol. The van der Waals surface area contributed by atoms with E-state index < -0.39 is 4.92 Å². The quantitative estimate of drug-likeness (QED) is 0.161. The number of non-ortho nitro benzene ring substituents is 1. The van der Waals surface area contributed by atoms with Crippen molar-refractivity contribution in [1.29, 1.82) is 0 Å². The summed E-state index contributed by atoms with van der Waals surface area (Å²) in [6.07, 6.45) is 1.51. The van der Waals surface area contributed by atoms with Crippen molar-refractivity contribution in [3.8, 4) is 11.5 Å². The zero-order chi connectivity index (χ0) is 23.1. The van der Waals surface area contributed by atoms with E-state index in [1.54, 1.807) is 36.4 Å². The number of amides is 1. The van der Waals surface area contributed by atoms with Crippen molar-refractivity contribution >= 4 is 56.3 Å². The zero-order valence-electron chi connectivity index (χ0n) is 16.7. The molecule has 0 unspecified atom stereocenters. The van der Waals surface area contributed by atoms with E-state index in [1.165, 1.54) is 25.5 Å². The van der Waals surface area contributed by atoms with Gasteiger partial charge in [0.05, 0.1) is 27.4 Å². The van der Waals surface area contributed by atoms with Crippen LogP contribution in [0.25, 0.3) is 0 Å². The van der Waals surface area contributed by atoms with Crippen LogP contribution in [-0.4, -0.2) is 24.2 Å². The van der Waals surface area contributed by atoms with Crippen LogP contribution in [0.4, 0.5) is 5.69 Å². The Bertz CT molecular complexity index is 1170. The van der Waals surface area contributed by atoms with Gasteiger partial charge in [0.1, 0.15) is 6.61 Å². The van der Waals surface area contributed by atoms with E-state index in [2.05, 4.69) is 49.0 Å². The highest BCUT2D eigenvalue weighted by atomic mass is 127. The standard InChI is InChI=1S/C22H17BrIN3O5/c1-31-20-11-15(12-25-26-22(28)17-4-2-3-5-18(17)23)10-19(24)21(20)32-13-14-6-8-16(9-7-14)27(29)30/h2-12H,13H2,1H3,(H,26,28)/b25-12-. The lowest BCUT2D eigenvalue weighted by Gasteiger charge is -2.13. The van der Waals surface area contributed by atoms with Gasteiger partial charge in [-0.3, -0.25) is 14.9 Å². The maximum atomic E-state index is 12.2. The molecular weight excluding hydrogens is 593 g/mol. The van der Waals surface area contributed by atoms with E-state index in [9.17, 15) is 14.9 Å². The summed E-state index contributed by atoms with van der Waals surface area (Å²) in [4.78, 5) is 22.6. The number of nitro groups is 1. The SMILES string of the molecule is COc1cc(/C=N\NC(=O)c2ccccc2Br)cc(I)c1OCc1ccc([N+](=O)[O-])cc1. The first-order valence-corrected chi connectivity index (χ1v) is 11.1. The van der Waals surface area contributed by atoms with E-state index in [1.807, 2.05) is 12.1 Å². The lowest BCUT2D eigenvalue weighted by Crippen LogP contribution is -2.18. The topological polar surface area (TPSA) is 103 Å². The molecule has 3 aromatic carbocycles. The molecule has 0 spiro atoms. The van der Waals surface area contributed by atoms with Gasteiger partial charge in [-0.05, 0) is 86.0 Å². The number of hydrogen-bond donors (Lipinski definition) is 1. The Hall–Kier alpha value is -2.99. The van der Waals surface area contributed by atoms with Gasteiger partial charge in [-0.2, -0.15) is 5.10 Å². The highest BCUT2D eigenvalue weighted by molar-refractivity contribution is 14.1. The second kappa shape index (κ2) is 11.0. The fourth-order valence-electron chi connectivity index (χ4n) is 2.69. The number of nitro benzene ring substituents is 1. The van der Waals surface area contributed by atoms with Gasteiger partial charge in [-0.15, -0.1) is 0 Å². The fraction of sp³-hybridized carbons (Fsp3) is 0.0909. The first kappa shape index (κ1) is 23.7. The minimum atomic E-state index is -0.446. The summed E-state index contributed by atoms with van der Waals surface area (Å²) in [7, 11) is 1.53. The van der Waals surface area contributed by atoms with E-state index in [-0.39, 0.29) is 18.2 Å². The van der Waals surface area contributed by atoms with Crippen molar-refractivity contribution in [3.63, 3.8) is 0 Å². The third-order valence-corrected chi connectivity index (χ3v) is 5.77. The van der Waals surface area contributed by atoms with Gasteiger partial charge in [0, 0.05) is 16.6 Å². The van der Waals surface area contributed by atoms with Gasteiger partial charge in [-0.25, -0.2) is 5.43 Å². The third kappa shape index (κ3) is 6.04. The van der Waals surface area contributed by atoms with Crippen LogP contribution >= 0.6 is 38.5 Å². The average Bonchev–Trinajstić information content (AvgIpc) is 2.78. The van der Waals surface area contributed by atoms with E-state index in [0.29, 0.717) is 27.1 Å². The Balaban J connectivity index is 1.69. The highest BCUT2D eigenvalue weighted by Crippen LogP contribution is 2.34. The molecule has 0 radical (unpaired) electrons. The smallest absolute Gasteiger partial charge is 0.272 e. The van der Waals surface area contributed by atoms with Crippen LogP contribution in [-0.2, 0) is 6.61 Å². The van der Waals surface area contributed by atoms with E-state index >= 15 is 0 Å². The number of carbonyl (C=O) groups is 1. The summed E-state index contributed by atoms with van der Waals surface area (Å²) in [5.41, 5.74) is 4.50. The largest absolute Gasteiger partial charge is 0.493 e. The molecule has 3 aromatic rings. The number of benzene rings is 3. The van der Waals surface area contributed by atoms with Crippen LogP contribution in [0.3, 0.4) is 0 Å². The molecule has 8 nitrogen and oxygen atoms in total. The van der Waals surface area contributed by atoms with Gasteiger partial charge >= 0.3 is 0 Å². The predicted octanol–water partition coefficient (Wildman–Crippen LogP) is 5.31. The summed E-state index contributed by atoms with van der Waals surface area (Å²) >= 11 is 5.46. The number of ether oxygens (including phenoxy) is 2. The molecule has 32 heavy (non-hydrogen) atoms. The monoisotopic (exact) mass is 609 g/mol. The van der Waals surface area contributed by atoms with Crippen LogP contribution in [0.5, 0.6) is 11.5 Å². The van der Waals surface area contributed by atoms with E-state index in [0.717, 1.165) is 9.13 Å². The Morgan fingerprint density at radius 2 is 1.94 bits per heavy atom. The minimum absolute atomic E-state index is 0.0243. The summed E-state index contributed by atoms with van der Waals surface area (Å²) in [5.74, 6) is 0.705. The number of carbonyl (C=O) groups excluding carboxylic acids is 1. The van der Waals surface area contributed by atoms with Crippen LogP contribution < -0.4 is 14.9 Å². The summed E-state index contributed by atoms with van der Waals surface area (Å²) < 4.78 is 12.8. The lowest BCUT2D eigenvalue weighted by atomic mass is 10.2. The molecule has 0 atom stereocenters. The first-order valence-electron chi connectivity index (χ1n) is 9.20. The van der Waals surface area contributed by atoms with Crippen molar-refractivity contribution in [2.45, 2.75) is 6.61 Å². The molecule has 0 aromatic heterocycles. The molecule has 0 saturated carbocycles. The number of nitrogens with zero attached hydrogens (tertiary/aromatic N) is 2. The Kier molecular flexibility index (Phi) is 8.17. The van der Waals surface area contributed by atoms with Gasteiger partial charge in [0.15, 0.2) is 11.5 Å². The minimum Gasteiger partial charge on any atom is -0.493 e. The van der Waals surface area contributed by atoms with Crippen LogP contribution in [0.2, 0.25) is 0 Å². The Morgan fingerprint density at radius 1 is 1.22 bits per heavy atom. The molecule has 0 bridgehead atoms. The molecule has 0 aliphatic rings. The highest BCUT2D eigenvalue weighted by Gasteiger charge is 2.13. The second-order valence-electron chi connectivity index (χ2n) is 6.43. The van der Waals surface area contributed by atoms with Crippen molar-refractivity contribution < 1.29 is 19.2 Å². The summed E-state index contributed by atoms with van der Waals surface area (Å²) in [6, 6.07) is 16.8. The Morgan fingerprint density at radius 3 is 2.59 bits per heavy atom. The fourth-order valence-corrected chi connectivity index (χ4v) is 3.94. The van der Waals surface area contributed by atoms with Gasteiger partial charge in [-0.1, -0.05) is 12.1 Å². The molecule has 0 aliphatic carbocycles. The molecule has 0 saturated heterocycles. The maximum absolute atomic E-state index is 12.2. The van der Waals surface area contributed by atoms with Crippen molar-refractivity contribution in [2.24, 2.45) is 5.10 Å². The van der Waals surface area contributed by atoms with Crippen LogP contribution in [0.15, 0.2) is 70.2 Å². The number of halogens is 2. The summed E-state index contributed by atoms with van der Waals surface area (Å²) in [5, 5.41) is 14.8. The predicted molar refractivity (Wildman–Crippen MR) is 132 cm³/mol. The molecule has 10 heteroatoms. The van der Waals surface area contributed by atoms with Crippen molar-refractivity contribution in [1.82, 2.24) is 5.43 Å². The molecule has 0 aliphatic heterocycles. The molecule has 0 heterocycles. The maximum Gasteiger partial charge on any atom is 0.272 e. The number of rotatable bonds is 8.